The monoisotopic (exact) mass is 489 g/mol. The van der Waals surface area contributed by atoms with Crippen LogP contribution in [-0.4, -0.2) is 28.5 Å². The summed E-state index contributed by atoms with van der Waals surface area (Å²) in [5, 5.41) is 2.80. The maximum atomic E-state index is 12.6. The highest BCUT2D eigenvalue weighted by Gasteiger charge is 2.16. The molecular weight excluding hydrogens is 466 g/mol. The number of thiocarbonyl (C=S) groups is 1. The topological polar surface area (TPSA) is 104 Å². The minimum atomic E-state index is -3.85. The summed E-state index contributed by atoms with van der Waals surface area (Å²) in [5.41, 5.74) is 2.55. The third-order valence-corrected chi connectivity index (χ3v) is 7.71. The molecule has 7 nitrogen and oxygen atoms in total. The van der Waals surface area contributed by atoms with E-state index in [0.717, 1.165) is 11.1 Å². The number of anilines is 1. The lowest BCUT2D eigenvalue weighted by molar-refractivity contribution is 0.581. The molecule has 3 N–H and O–H groups in total. The zero-order chi connectivity index (χ0) is 23.2. The van der Waals surface area contributed by atoms with Gasteiger partial charge in [0.05, 0.1) is 9.79 Å². The van der Waals surface area contributed by atoms with Crippen LogP contribution in [0.3, 0.4) is 0 Å². The average Bonchev–Trinajstić information content (AvgIpc) is 2.76. The van der Waals surface area contributed by atoms with Crippen molar-refractivity contribution in [3.63, 3.8) is 0 Å². The van der Waals surface area contributed by atoms with Crippen LogP contribution in [0.2, 0.25) is 0 Å². The van der Waals surface area contributed by atoms with Crippen LogP contribution in [-0.2, 0) is 26.5 Å². The molecule has 10 heteroatoms. The number of sulfonamides is 2. The molecule has 0 saturated carbocycles. The molecule has 0 fully saturated rings. The summed E-state index contributed by atoms with van der Waals surface area (Å²) in [4.78, 5) is 0.252. The maximum Gasteiger partial charge on any atom is 0.263 e. The predicted molar refractivity (Wildman–Crippen MR) is 129 cm³/mol. The molecule has 0 radical (unpaired) electrons. The summed E-state index contributed by atoms with van der Waals surface area (Å²) in [6.07, 6.45) is 0.410. The van der Waals surface area contributed by atoms with Gasteiger partial charge in [0.15, 0.2) is 5.11 Å². The van der Waals surface area contributed by atoms with Crippen molar-refractivity contribution in [2.45, 2.75) is 23.1 Å². The number of hydrogen-bond donors (Lipinski definition) is 3. The summed E-state index contributed by atoms with van der Waals surface area (Å²) in [6, 6.07) is 21.7. The zero-order valence-electron chi connectivity index (χ0n) is 17.3. The first kappa shape index (κ1) is 23.9. The van der Waals surface area contributed by atoms with Gasteiger partial charge in [0.25, 0.3) is 10.0 Å². The second kappa shape index (κ2) is 10.2. The molecule has 32 heavy (non-hydrogen) atoms. The normalized spacial score (nSPS) is 11.7. The summed E-state index contributed by atoms with van der Waals surface area (Å²) in [6.45, 7) is 2.14. The molecule has 0 atom stereocenters. The fraction of sp³-hybridized carbons (Fsp3) is 0.136. The number of aryl methyl sites for hydroxylation is 1. The third-order valence-electron chi connectivity index (χ3n) is 4.53. The molecule has 3 aromatic rings. The minimum absolute atomic E-state index is 0.0340. The van der Waals surface area contributed by atoms with E-state index in [1.807, 2.05) is 19.1 Å². The van der Waals surface area contributed by atoms with Gasteiger partial charge in [-0.1, -0.05) is 48.0 Å². The van der Waals surface area contributed by atoms with E-state index < -0.39 is 20.0 Å². The SMILES string of the molecule is Cc1ccc(NC(=S)NS(=O)(=O)c2ccc(CCNS(=O)(=O)c3ccccc3)cc2)cc1. The van der Waals surface area contributed by atoms with Crippen LogP contribution >= 0.6 is 12.2 Å². The van der Waals surface area contributed by atoms with E-state index in [2.05, 4.69) is 14.8 Å². The summed E-state index contributed by atoms with van der Waals surface area (Å²) in [5.74, 6) is 0. The predicted octanol–water partition coefficient (Wildman–Crippen LogP) is 3.19. The van der Waals surface area contributed by atoms with Crippen molar-refractivity contribution in [2.75, 3.05) is 11.9 Å². The van der Waals surface area contributed by atoms with Gasteiger partial charge in [0.1, 0.15) is 0 Å². The molecule has 0 aliphatic heterocycles. The Bertz CT molecular complexity index is 1270. The van der Waals surface area contributed by atoms with Crippen LogP contribution in [0.25, 0.3) is 0 Å². The van der Waals surface area contributed by atoms with Crippen LogP contribution in [0.15, 0.2) is 88.7 Å². The number of nitrogens with one attached hydrogen (secondary N) is 3. The number of benzene rings is 3. The molecule has 3 aromatic carbocycles. The Hall–Kier alpha value is -2.79. The molecule has 168 valence electrons. The Balaban J connectivity index is 1.55. The van der Waals surface area contributed by atoms with E-state index in [-0.39, 0.29) is 21.4 Å². The Morgan fingerprint density at radius 2 is 1.38 bits per heavy atom. The van der Waals surface area contributed by atoms with Crippen LogP contribution in [0.1, 0.15) is 11.1 Å². The molecule has 0 unspecified atom stereocenters. The zero-order valence-corrected chi connectivity index (χ0v) is 19.7. The largest absolute Gasteiger partial charge is 0.332 e. The first-order chi connectivity index (χ1) is 15.2. The molecule has 0 aromatic heterocycles. The highest BCUT2D eigenvalue weighted by molar-refractivity contribution is 7.92. The van der Waals surface area contributed by atoms with Crippen LogP contribution in [0.5, 0.6) is 0 Å². The van der Waals surface area contributed by atoms with Crippen molar-refractivity contribution in [2.24, 2.45) is 0 Å². The molecule has 3 rings (SSSR count). The first-order valence-corrected chi connectivity index (χ1v) is 13.1. The van der Waals surface area contributed by atoms with Crippen molar-refractivity contribution in [3.05, 3.63) is 90.0 Å². The van der Waals surface area contributed by atoms with Gasteiger partial charge in [-0.25, -0.2) is 21.6 Å². The molecule has 0 saturated heterocycles. The van der Waals surface area contributed by atoms with Gasteiger partial charge in [-0.05, 0) is 67.5 Å². The van der Waals surface area contributed by atoms with Gasteiger partial charge in [0.2, 0.25) is 10.0 Å². The summed E-state index contributed by atoms with van der Waals surface area (Å²) < 4.78 is 54.5. The molecular formula is C22H23N3O4S3. The second-order valence-corrected chi connectivity index (χ2v) is 10.9. The highest BCUT2D eigenvalue weighted by Crippen LogP contribution is 2.13. The number of hydrogen-bond acceptors (Lipinski definition) is 5. The fourth-order valence-corrected chi connectivity index (χ4v) is 5.23. The Morgan fingerprint density at radius 1 is 0.781 bits per heavy atom. The van der Waals surface area contributed by atoms with Gasteiger partial charge in [-0.15, -0.1) is 0 Å². The lowest BCUT2D eigenvalue weighted by Gasteiger charge is -2.12. The van der Waals surface area contributed by atoms with E-state index in [0.29, 0.717) is 12.1 Å². The number of rotatable bonds is 8. The Morgan fingerprint density at radius 3 is 2.00 bits per heavy atom. The highest BCUT2D eigenvalue weighted by atomic mass is 32.2. The maximum absolute atomic E-state index is 12.6. The van der Waals surface area contributed by atoms with E-state index in [4.69, 9.17) is 12.2 Å². The summed E-state index contributed by atoms with van der Waals surface area (Å²) in [7, 11) is -7.43. The third kappa shape index (κ3) is 6.60. The van der Waals surface area contributed by atoms with Crippen molar-refractivity contribution >= 4 is 43.1 Å². The minimum Gasteiger partial charge on any atom is -0.332 e. The van der Waals surface area contributed by atoms with Gasteiger partial charge >= 0.3 is 0 Å². The van der Waals surface area contributed by atoms with Gasteiger partial charge < -0.3 is 5.32 Å². The van der Waals surface area contributed by atoms with Crippen LogP contribution in [0, 0.1) is 6.92 Å². The van der Waals surface area contributed by atoms with Crippen LogP contribution < -0.4 is 14.8 Å². The van der Waals surface area contributed by atoms with Gasteiger partial charge in [0, 0.05) is 12.2 Å². The van der Waals surface area contributed by atoms with E-state index >= 15 is 0 Å². The molecule has 0 aliphatic carbocycles. The molecule has 0 bridgehead atoms. The Kier molecular flexibility index (Phi) is 7.62. The lowest BCUT2D eigenvalue weighted by Crippen LogP contribution is -2.34. The second-order valence-electron chi connectivity index (χ2n) is 7.03. The smallest absolute Gasteiger partial charge is 0.263 e. The lowest BCUT2D eigenvalue weighted by atomic mass is 10.2. The van der Waals surface area contributed by atoms with Crippen molar-refractivity contribution < 1.29 is 16.8 Å². The van der Waals surface area contributed by atoms with Crippen molar-refractivity contribution in [1.82, 2.24) is 9.44 Å². The molecule has 0 spiro atoms. The standard InChI is InChI=1S/C22H23N3O4S3/c1-17-7-11-19(12-8-17)24-22(30)25-32(28,29)21-13-9-18(10-14-21)15-16-23-31(26,27)20-5-3-2-4-6-20/h2-14,23H,15-16H2,1H3,(H2,24,25,30). The average molecular weight is 490 g/mol. The van der Waals surface area contributed by atoms with Crippen molar-refractivity contribution in [3.8, 4) is 0 Å². The fourth-order valence-electron chi connectivity index (χ4n) is 2.82. The van der Waals surface area contributed by atoms with E-state index in [9.17, 15) is 16.8 Å². The van der Waals surface area contributed by atoms with Crippen molar-refractivity contribution in [1.29, 1.82) is 0 Å². The molecule has 0 aliphatic rings. The van der Waals surface area contributed by atoms with Gasteiger partial charge in [-0.3, -0.25) is 4.72 Å². The molecule has 0 amide bonds. The first-order valence-electron chi connectivity index (χ1n) is 9.70. The Labute approximate surface area is 194 Å². The van der Waals surface area contributed by atoms with E-state index in [1.165, 1.54) is 24.3 Å². The molecule has 0 heterocycles. The van der Waals surface area contributed by atoms with Gasteiger partial charge in [-0.2, -0.15) is 0 Å². The van der Waals surface area contributed by atoms with Crippen LogP contribution in [0.4, 0.5) is 5.69 Å². The van der Waals surface area contributed by atoms with E-state index in [1.54, 1.807) is 42.5 Å². The summed E-state index contributed by atoms with van der Waals surface area (Å²) >= 11 is 5.11. The quantitative estimate of drug-likeness (QED) is 0.420.